The number of aryl methyl sites for hydroxylation is 1. The number of aromatic hydroxyl groups is 1. The Kier molecular flexibility index (Phi) is 4.34. The number of aromatic nitrogens is 1. The summed E-state index contributed by atoms with van der Waals surface area (Å²) in [5.74, 6) is -0.0118. The molecule has 0 saturated heterocycles. The summed E-state index contributed by atoms with van der Waals surface area (Å²) in [6.45, 7) is 3.31. The van der Waals surface area contributed by atoms with Crippen LogP contribution in [-0.4, -0.2) is 22.3 Å². The molecule has 0 aromatic carbocycles. The zero-order valence-electron chi connectivity index (χ0n) is 9.67. The minimum absolute atomic E-state index is 0.0118. The summed E-state index contributed by atoms with van der Waals surface area (Å²) in [4.78, 5) is 4.05. The molecular weight excluding hydrogens is 233 g/mol. The SMILES string of the molecule is Cc1ccc(O)c(CNC(C)CC(F)(F)F)n1. The number of pyridine rings is 1. The molecule has 3 nitrogen and oxygen atoms in total. The first-order chi connectivity index (χ1) is 7.78. The van der Waals surface area contributed by atoms with Crippen LogP contribution in [0, 0.1) is 6.92 Å². The number of nitrogens with one attached hydrogen (secondary N) is 1. The maximum absolute atomic E-state index is 12.1. The Labute approximate surface area is 97.7 Å². The smallest absolute Gasteiger partial charge is 0.390 e. The molecule has 0 aliphatic heterocycles. The Bertz CT molecular complexity index is 379. The predicted octanol–water partition coefficient (Wildman–Crippen LogP) is 2.53. The lowest BCUT2D eigenvalue weighted by Crippen LogP contribution is -2.31. The van der Waals surface area contributed by atoms with Crippen LogP contribution in [0.3, 0.4) is 0 Å². The molecule has 2 N–H and O–H groups in total. The van der Waals surface area contributed by atoms with Gasteiger partial charge < -0.3 is 10.4 Å². The lowest BCUT2D eigenvalue weighted by atomic mass is 10.2. The van der Waals surface area contributed by atoms with Crippen LogP contribution in [0.15, 0.2) is 12.1 Å². The van der Waals surface area contributed by atoms with Gasteiger partial charge in [0.25, 0.3) is 0 Å². The number of hydrogen-bond donors (Lipinski definition) is 2. The Balaban J connectivity index is 2.53. The van der Waals surface area contributed by atoms with E-state index in [2.05, 4.69) is 10.3 Å². The van der Waals surface area contributed by atoms with Gasteiger partial charge in [0, 0.05) is 18.3 Å². The normalized spacial score (nSPS) is 13.7. The van der Waals surface area contributed by atoms with Gasteiger partial charge in [-0.3, -0.25) is 4.98 Å². The van der Waals surface area contributed by atoms with E-state index in [1.807, 2.05) is 0 Å². The van der Waals surface area contributed by atoms with Gasteiger partial charge in [0.1, 0.15) is 5.75 Å². The van der Waals surface area contributed by atoms with Crippen molar-refractivity contribution in [3.63, 3.8) is 0 Å². The maximum Gasteiger partial charge on any atom is 0.390 e. The maximum atomic E-state index is 12.1. The quantitative estimate of drug-likeness (QED) is 0.860. The average molecular weight is 248 g/mol. The number of rotatable bonds is 4. The van der Waals surface area contributed by atoms with Crippen molar-refractivity contribution in [2.24, 2.45) is 0 Å². The van der Waals surface area contributed by atoms with E-state index in [9.17, 15) is 18.3 Å². The topological polar surface area (TPSA) is 45.1 Å². The van der Waals surface area contributed by atoms with E-state index < -0.39 is 18.6 Å². The van der Waals surface area contributed by atoms with Gasteiger partial charge in [-0.1, -0.05) is 0 Å². The second-order valence-electron chi connectivity index (χ2n) is 4.02. The highest BCUT2D eigenvalue weighted by Crippen LogP contribution is 2.22. The van der Waals surface area contributed by atoms with E-state index in [0.29, 0.717) is 11.4 Å². The fraction of sp³-hybridized carbons (Fsp3) is 0.545. The number of hydrogen-bond acceptors (Lipinski definition) is 3. The van der Waals surface area contributed by atoms with E-state index in [-0.39, 0.29) is 12.3 Å². The highest BCUT2D eigenvalue weighted by molar-refractivity contribution is 5.27. The third kappa shape index (κ3) is 5.04. The fourth-order valence-electron chi connectivity index (χ4n) is 1.42. The van der Waals surface area contributed by atoms with Gasteiger partial charge in [-0.05, 0) is 26.0 Å². The predicted molar refractivity (Wildman–Crippen MR) is 57.6 cm³/mol. The molecular formula is C11H15F3N2O. The largest absolute Gasteiger partial charge is 0.506 e. The average Bonchev–Trinajstić information content (AvgIpc) is 2.17. The summed E-state index contributed by atoms with van der Waals surface area (Å²) < 4.78 is 36.2. The minimum atomic E-state index is -4.19. The summed E-state index contributed by atoms with van der Waals surface area (Å²) in [7, 11) is 0. The van der Waals surface area contributed by atoms with Crippen LogP contribution < -0.4 is 5.32 Å². The van der Waals surface area contributed by atoms with Crippen molar-refractivity contribution in [3.05, 3.63) is 23.5 Å². The first kappa shape index (κ1) is 13.8. The monoisotopic (exact) mass is 248 g/mol. The fourth-order valence-corrected chi connectivity index (χ4v) is 1.42. The van der Waals surface area contributed by atoms with E-state index in [1.54, 1.807) is 13.0 Å². The van der Waals surface area contributed by atoms with Gasteiger partial charge in [0.15, 0.2) is 0 Å². The Morgan fingerprint density at radius 2 is 2.06 bits per heavy atom. The van der Waals surface area contributed by atoms with Gasteiger partial charge in [-0.15, -0.1) is 0 Å². The van der Waals surface area contributed by atoms with Gasteiger partial charge in [0.05, 0.1) is 12.1 Å². The zero-order chi connectivity index (χ0) is 13.1. The molecule has 1 heterocycles. The second-order valence-corrected chi connectivity index (χ2v) is 4.02. The van der Waals surface area contributed by atoms with E-state index in [0.717, 1.165) is 0 Å². The van der Waals surface area contributed by atoms with Crippen molar-refractivity contribution in [2.75, 3.05) is 0 Å². The second kappa shape index (κ2) is 5.35. The number of alkyl halides is 3. The van der Waals surface area contributed by atoms with Crippen molar-refractivity contribution in [3.8, 4) is 5.75 Å². The van der Waals surface area contributed by atoms with Crippen LogP contribution in [0.1, 0.15) is 24.7 Å². The summed E-state index contributed by atoms with van der Waals surface area (Å²) in [6, 6.07) is 2.41. The van der Waals surface area contributed by atoms with Gasteiger partial charge >= 0.3 is 6.18 Å². The summed E-state index contributed by atoms with van der Waals surface area (Å²) in [5, 5.41) is 12.1. The van der Waals surface area contributed by atoms with Crippen LogP contribution in [0.2, 0.25) is 0 Å². The number of halogens is 3. The Morgan fingerprint density at radius 1 is 1.41 bits per heavy atom. The molecule has 1 aromatic rings. The molecule has 0 spiro atoms. The van der Waals surface area contributed by atoms with E-state index in [4.69, 9.17) is 0 Å². The third-order valence-corrected chi connectivity index (χ3v) is 2.24. The Hall–Kier alpha value is -1.30. The molecule has 1 rings (SSSR count). The first-order valence-electron chi connectivity index (χ1n) is 5.23. The molecule has 17 heavy (non-hydrogen) atoms. The van der Waals surface area contributed by atoms with Crippen molar-refractivity contribution in [2.45, 2.75) is 39.0 Å². The highest BCUT2D eigenvalue weighted by atomic mass is 19.4. The zero-order valence-corrected chi connectivity index (χ0v) is 9.67. The molecule has 0 aliphatic rings. The molecule has 0 bridgehead atoms. The molecule has 0 aliphatic carbocycles. The van der Waals surface area contributed by atoms with Gasteiger partial charge in [-0.25, -0.2) is 0 Å². The van der Waals surface area contributed by atoms with Crippen LogP contribution in [0.5, 0.6) is 5.75 Å². The van der Waals surface area contributed by atoms with E-state index in [1.165, 1.54) is 13.0 Å². The highest BCUT2D eigenvalue weighted by Gasteiger charge is 2.29. The van der Waals surface area contributed by atoms with Crippen LogP contribution in [0.4, 0.5) is 13.2 Å². The molecule has 6 heteroatoms. The lowest BCUT2D eigenvalue weighted by Gasteiger charge is -2.16. The summed E-state index contributed by atoms with van der Waals surface area (Å²) >= 11 is 0. The van der Waals surface area contributed by atoms with Gasteiger partial charge in [-0.2, -0.15) is 13.2 Å². The lowest BCUT2D eigenvalue weighted by molar-refractivity contribution is -0.139. The Morgan fingerprint density at radius 3 is 2.65 bits per heavy atom. The van der Waals surface area contributed by atoms with E-state index >= 15 is 0 Å². The molecule has 0 amide bonds. The van der Waals surface area contributed by atoms with Crippen LogP contribution in [0.25, 0.3) is 0 Å². The van der Waals surface area contributed by atoms with Crippen molar-refractivity contribution >= 4 is 0 Å². The van der Waals surface area contributed by atoms with Crippen molar-refractivity contribution in [1.29, 1.82) is 0 Å². The minimum Gasteiger partial charge on any atom is -0.506 e. The van der Waals surface area contributed by atoms with Crippen molar-refractivity contribution in [1.82, 2.24) is 10.3 Å². The molecule has 0 fully saturated rings. The summed E-state index contributed by atoms with van der Waals surface area (Å²) in [5.41, 5.74) is 1.07. The summed E-state index contributed by atoms with van der Waals surface area (Å²) in [6.07, 6.45) is -5.09. The third-order valence-electron chi connectivity index (χ3n) is 2.24. The molecule has 96 valence electrons. The standard InChI is InChI=1S/C11H15F3N2O/c1-7-3-4-10(17)9(16-7)6-15-8(2)5-11(12,13)14/h3-4,8,15,17H,5-6H2,1-2H3. The molecule has 0 saturated carbocycles. The first-order valence-corrected chi connectivity index (χ1v) is 5.23. The molecule has 0 radical (unpaired) electrons. The van der Waals surface area contributed by atoms with Gasteiger partial charge in [0.2, 0.25) is 0 Å². The molecule has 1 atom stereocenters. The molecule has 1 unspecified atom stereocenters. The van der Waals surface area contributed by atoms with Crippen LogP contribution in [-0.2, 0) is 6.54 Å². The van der Waals surface area contributed by atoms with Crippen molar-refractivity contribution < 1.29 is 18.3 Å². The molecule has 1 aromatic heterocycles. The van der Waals surface area contributed by atoms with Crippen LogP contribution >= 0.6 is 0 Å². The number of nitrogens with zero attached hydrogens (tertiary/aromatic N) is 1.